The third-order valence-corrected chi connectivity index (χ3v) is 2.89. The van der Waals surface area contributed by atoms with Crippen LogP contribution >= 0.6 is 15.9 Å². The van der Waals surface area contributed by atoms with Gasteiger partial charge < -0.3 is 5.73 Å². The molecule has 0 aliphatic heterocycles. The number of halogens is 1. The monoisotopic (exact) mass is 276 g/mol. The lowest BCUT2D eigenvalue weighted by Gasteiger charge is -2.07. The summed E-state index contributed by atoms with van der Waals surface area (Å²) in [7, 11) is 0. The van der Waals surface area contributed by atoms with Crippen LogP contribution < -0.4 is 5.73 Å². The topological polar surface area (TPSA) is 67.6 Å². The zero-order valence-corrected chi connectivity index (χ0v) is 10.2. The first-order valence-corrected chi connectivity index (χ1v) is 5.43. The lowest BCUT2D eigenvalue weighted by Crippen LogP contribution is -2.01. The van der Waals surface area contributed by atoms with Crippen molar-refractivity contribution in [2.75, 3.05) is 5.73 Å². The lowest BCUT2D eigenvalue weighted by atomic mass is 10.1. The molecule has 16 heavy (non-hydrogen) atoms. The normalized spacial score (nSPS) is 10.1. The zero-order chi connectivity index (χ0) is 11.7. The molecule has 0 atom stereocenters. The van der Waals surface area contributed by atoms with E-state index in [9.17, 15) is 0 Å². The molecule has 0 saturated carbocycles. The maximum absolute atomic E-state index is 9.05. The van der Waals surface area contributed by atoms with Gasteiger partial charge in [0.2, 0.25) is 0 Å². The number of hydrogen-bond donors (Lipinski definition) is 1. The molecular weight excluding hydrogens is 268 g/mol. The highest BCUT2D eigenvalue weighted by Gasteiger charge is 2.10. The fraction of sp³-hybridized carbons (Fsp3) is 0.0909. The number of nitriles is 1. The Morgan fingerprint density at radius 1 is 1.50 bits per heavy atom. The Morgan fingerprint density at radius 2 is 2.25 bits per heavy atom. The molecule has 2 rings (SSSR count). The summed E-state index contributed by atoms with van der Waals surface area (Å²) in [5, 5.41) is 13.2. The molecule has 1 aromatic heterocycles. The number of benzene rings is 1. The maximum atomic E-state index is 9.05. The van der Waals surface area contributed by atoms with Gasteiger partial charge in [0.25, 0.3) is 0 Å². The Balaban J connectivity index is 2.69. The third-order valence-electron chi connectivity index (χ3n) is 2.28. The summed E-state index contributed by atoms with van der Waals surface area (Å²) >= 11 is 3.29. The Hall–Kier alpha value is -1.80. The Kier molecular flexibility index (Phi) is 2.67. The minimum atomic E-state index is 0.409. The van der Waals surface area contributed by atoms with Crippen molar-refractivity contribution < 1.29 is 0 Å². The molecular formula is C11H9BrN4. The van der Waals surface area contributed by atoms with E-state index in [-0.39, 0.29) is 0 Å². The molecule has 0 saturated heterocycles. The highest BCUT2D eigenvalue weighted by molar-refractivity contribution is 9.10. The smallest absolute Gasteiger partial charge is 0.160 e. The summed E-state index contributed by atoms with van der Waals surface area (Å²) in [5.74, 6) is 0.409. The number of hydrogen-bond acceptors (Lipinski definition) is 3. The van der Waals surface area contributed by atoms with E-state index in [2.05, 4.69) is 27.1 Å². The second-order valence-corrected chi connectivity index (χ2v) is 4.24. The summed E-state index contributed by atoms with van der Waals surface area (Å²) in [5.41, 5.74) is 7.98. The fourth-order valence-electron chi connectivity index (χ4n) is 1.53. The van der Waals surface area contributed by atoms with Gasteiger partial charge in [-0.05, 0) is 34.5 Å². The van der Waals surface area contributed by atoms with Gasteiger partial charge in [0.15, 0.2) is 5.82 Å². The Bertz CT molecular complexity index is 561. The Morgan fingerprint density at radius 3 is 2.81 bits per heavy atom. The van der Waals surface area contributed by atoms with Gasteiger partial charge in [-0.15, -0.1) is 5.10 Å². The van der Waals surface area contributed by atoms with E-state index in [4.69, 9.17) is 11.0 Å². The number of aryl methyl sites for hydroxylation is 1. The molecule has 1 aromatic carbocycles. The molecule has 0 radical (unpaired) electrons. The molecule has 2 N–H and O–H groups in total. The van der Waals surface area contributed by atoms with Crippen LogP contribution in [0.5, 0.6) is 0 Å². The van der Waals surface area contributed by atoms with E-state index >= 15 is 0 Å². The highest BCUT2D eigenvalue weighted by atomic mass is 79.9. The average Bonchev–Trinajstić information content (AvgIpc) is 2.58. The molecule has 2 aromatic rings. The van der Waals surface area contributed by atoms with Gasteiger partial charge in [0.1, 0.15) is 6.07 Å². The van der Waals surface area contributed by atoms with E-state index in [1.807, 2.05) is 19.1 Å². The van der Waals surface area contributed by atoms with Crippen molar-refractivity contribution in [3.63, 3.8) is 0 Å². The third kappa shape index (κ3) is 1.68. The molecule has 0 fully saturated rings. The molecule has 0 amide bonds. The van der Waals surface area contributed by atoms with Crippen LogP contribution in [0.15, 0.2) is 28.9 Å². The summed E-state index contributed by atoms with van der Waals surface area (Å²) in [6, 6.07) is 7.68. The standard InChI is InChI=1S/C11H9BrN4/c1-7-3-2-4-8(5-13)10(7)16-6-9(12)11(14)15-16/h2-4,6H,1H3,(H2,14,15). The first-order valence-electron chi connectivity index (χ1n) is 4.64. The molecule has 0 aliphatic rings. The van der Waals surface area contributed by atoms with Crippen LogP contribution in [0.25, 0.3) is 5.69 Å². The number of aromatic nitrogens is 2. The van der Waals surface area contributed by atoms with Crippen molar-refractivity contribution in [1.29, 1.82) is 5.26 Å². The van der Waals surface area contributed by atoms with Gasteiger partial charge in [-0.3, -0.25) is 0 Å². The van der Waals surface area contributed by atoms with Crippen molar-refractivity contribution in [2.45, 2.75) is 6.92 Å². The van der Waals surface area contributed by atoms with Crippen LogP contribution in [-0.2, 0) is 0 Å². The van der Waals surface area contributed by atoms with Crippen LogP contribution in [0.3, 0.4) is 0 Å². The minimum absolute atomic E-state index is 0.409. The molecule has 4 nitrogen and oxygen atoms in total. The van der Waals surface area contributed by atoms with Crippen LogP contribution in [0.4, 0.5) is 5.82 Å². The highest BCUT2D eigenvalue weighted by Crippen LogP contribution is 2.23. The van der Waals surface area contributed by atoms with Gasteiger partial charge >= 0.3 is 0 Å². The van der Waals surface area contributed by atoms with Gasteiger partial charge in [0, 0.05) is 6.20 Å². The van der Waals surface area contributed by atoms with Crippen LogP contribution in [-0.4, -0.2) is 9.78 Å². The molecule has 0 spiro atoms. The predicted molar refractivity (Wildman–Crippen MR) is 65.1 cm³/mol. The quantitative estimate of drug-likeness (QED) is 0.870. The number of nitrogens with zero attached hydrogens (tertiary/aromatic N) is 3. The van der Waals surface area contributed by atoms with Crippen molar-refractivity contribution in [1.82, 2.24) is 9.78 Å². The number of nitrogen functional groups attached to an aromatic ring is 1. The summed E-state index contributed by atoms with van der Waals surface area (Å²) in [6.45, 7) is 1.93. The first-order chi connectivity index (χ1) is 7.63. The lowest BCUT2D eigenvalue weighted by molar-refractivity contribution is 0.874. The van der Waals surface area contributed by atoms with Crippen LogP contribution in [0.2, 0.25) is 0 Å². The molecule has 80 valence electrons. The minimum Gasteiger partial charge on any atom is -0.381 e. The van der Waals surface area contributed by atoms with E-state index in [1.54, 1.807) is 16.9 Å². The summed E-state index contributed by atoms with van der Waals surface area (Å²) < 4.78 is 2.34. The van der Waals surface area contributed by atoms with E-state index in [0.717, 1.165) is 15.7 Å². The Labute approximate surface area is 101 Å². The van der Waals surface area contributed by atoms with Gasteiger partial charge in [-0.1, -0.05) is 12.1 Å². The molecule has 0 bridgehead atoms. The number of anilines is 1. The zero-order valence-electron chi connectivity index (χ0n) is 8.61. The summed E-state index contributed by atoms with van der Waals surface area (Å²) in [4.78, 5) is 0. The van der Waals surface area contributed by atoms with Crippen LogP contribution in [0, 0.1) is 18.3 Å². The van der Waals surface area contributed by atoms with Gasteiger partial charge in [-0.25, -0.2) is 4.68 Å². The first kappa shape index (κ1) is 10.7. The van der Waals surface area contributed by atoms with Gasteiger partial charge in [-0.2, -0.15) is 5.26 Å². The van der Waals surface area contributed by atoms with Crippen molar-refractivity contribution in [3.05, 3.63) is 40.0 Å². The van der Waals surface area contributed by atoms with Crippen LogP contribution in [0.1, 0.15) is 11.1 Å². The second kappa shape index (κ2) is 3.99. The molecule has 0 aliphatic carbocycles. The molecule has 1 heterocycles. The SMILES string of the molecule is Cc1cccc(C#N)c1-n1cc(Br)c(N)n1. The van der Waals surface area contributed by atoms with Gasteiger partial charge in [0.05, 0.1) is 15.7 Å². The number of nitrogens with two attached hydrogens (primary N) is 1. The van der Waals surface area contributed by atoms with E-state index in [1.165, 1.54) is 0 Å². The van der Waals surface area contributed by atoms with E-state index in [0.29, 0.717) is 11.4 Å². The number of para-hydroxylation sites is 1. The second-order valence-electron chi connectivity index (χ2n) is 3.39. The maximum Gasteiger partial charge on any atom is 0.160 e. The van der Waals surface area contributed by atoms with Crippen molar-refractivity contribution in [2.24, 2.45) is 0 Å². The largest absolute Gasteiger partial charge is 0.381 e. The molecule has 0 unspecified atom stereocenters. The summed E-state index contributed by atoms with van der Waals surface area (Å²) in [6.07, 6.45) is 1.75. The molecule has 5 heteroatoms. The van der Waals surface area contributed by atoms with E-state index < -0.39 is 0 Å². The average molecular weight is 277 g/mol. The van der Waals surface area contributed by atoms with Crippen molar-refractivity contribution in [3.8, 4) is 11.8 Å². The fourth-order valence-corrected chi connectivity index (χ4v) is 1.81. The number of rotatable bonds is 1. The van der Waals surface area contributed by atoms with Crippen molar-refractivity contribution >= 4 is 21.7 Å². The predicted octanol–water partition coefficient (Wildman–Crippen LogP) is 2.40.